The van der Waals surface area contributed by atoms with E-state index in [1.807, 2.05) is 18.2 Å². The second kappa shape index (κ2) is 4.02. The molecule has 1 heterocycles. The minimum atomic E-state index is -0.529. The van der Waals surface area contributed by atoms with E-state index >= 15 is 0 Å². The molecule has 4 nitrogen and oxygen atoms in total. The van der Waals surface area contributed by atoms with Gasteiger partial charge in [0.2, 0.25) is 0 Å². The van der Waals surface area contributed by atoms with Crippen LogP contribution in [0.15, 0.2) is 30.6 Å². The lowest BCUT2D eigenvalue weighted by molar-refractivity contribution is 0.0997. The molecule has 1 aromatic carbocycles. The number of amides is 1. The van der Waals surface area contributed by atoms with E-state index in [1.165, 1.54) is 6.33 Å². The minimum absolute atomic E-state index is 0. The van der Waals surface area contributed by atoms with Gasteiger partial charge in [0.05, 0.1) is 5.52 Å². The van der Waals surface area contributed by atoms with Gasteiger partial charge >= 0.3 is 0 Å². The number of hydrogen-bond acceptors (Lipinski definition) is 3. The summed E-state index contributed by atoms with van der Waals surface area (Å²) in [6.45, 7) is 0. The van der Waals surface area contributed by atoms with Crippen molar-refractivity contribution in [3.63, 3.8) is 0 Å². The van der Waals surface area contributed by atoms with Gasteiger partial charge < -0.3 is 5.73 Å². The van der Waals surface area contributed by atoms with Gasteiger partial charge in [-0.3, -0.25) is 4.79 Å². The third kappa shape index (κ3) is 1.65. The van der Waals surface area contributed by atoms with E-state index in [-0.39, 0.29) is 18.1 Å². The molecule has 1 aromatic heterocycles. The normalized spacial score (nSPS) is 9.43. The smallest absolute Gasteiger partial charge is 0.268 e. The van der Waals surface area contributed by atoms with E-state index in [0.717, 1.165) is 5.52 Å². The van der Waals surface area contributed by atoms with Crippen molar-refractivity contribution >= 4 is 29.2 Å². The molecule has 0 bridgehead atoms. The molecule has 0 aliphatic carbocycles. The summed E-state index contributed by atoms with van der Waals surface area (Å²) in [5.41, 5.74) is 6.15. The molecule has 14 heavy (non-hydrogen) atoms. The Labute approximate surface area is 86.6 Å². The van der Waals surface area contributed by atoms with Crippen molar-refractivity contribution < 1.29 is 4.79 Å². The van der Waals surface area contributed by atoms with E-state index in [2.05, 4.69) is 9.97 Å². The Hall–Kier alpha value is -1.68. The third-order valence-electron chi connectivity index (χ3n) is 1.78. The lowest BCUT2D eigenvalue weighted by Gasteiger charge is -1.99. The Morgan fingerprint density at radius 1 is 1.21 bits per heavy atom. The average Bonchev–Trinajstić information content (AvgIpc) is 2.17. The predicted molar refractivity (Wildman–Crippen MR) is 55.3 cm³/mol. The maximum atomic E-state index is 10.9. The van der Waals surface area contributed by atoms with Crippen molar-refractivity contribution in [1.29, 1.82) is 0 Å². The van der Waals surface area contributed by atoms with Gasteiger partial charge in [-0.05, 0) is 6.07 Å². The van der Waals surface area contributed by atoms with Crippen LogP contribution in [0.3, 0.4) is 0 Å². The molecule has 0 aliphatic rings. The van der Waals surface area contributed by atoms with E-state index in [1.54, 1.807) is 6.07 Å². The first-order valence-electron chi connectivity index (χ1n) is 3.78. The van der Waals surface area contributed by atoms with Crippen molar-refractivity contribution in [2.24, 2.45) is 5.73 Å². The van der Waals surface area contributed by atoms with Gasteiger partial charge in [0.25, 0.3) is 5.91 Å². The second-order valence-electron chi connectivity index (χ2n) is 2.60. The zero-order valence-electron chi connectivity index (χ0n) is 7.18. The summed E-state index contributed by atoms with van der Waals surface area (Å²) in [5, 5.41) is 0.692. The number of nitrogens with zero attached hydrogens (tertiary/aromatic N) is 2. The number of nitrogens with two attached hydrogens (primary N) is 1. The standard InChI is InChI=1S/C9H7N3O.ClH/c10-9(13)8-6-3-1-2-4-7(6)11-5-12-8;/h1-5H,(H2,10,13);1H. The maximum Gasteiger partial charge on any atom is 0.268 e. The van der Waals surface area contributed by atoms with Crippen molar-refractivity contribution in [3.05, 3.63) is 36.3 Å². The van der Waals surface area contributed by atoms with E-state index < -0.39 is 5.91 Å². The number of halogens is 1. The second-order valence-corrected chi connectivity index (χ2v) is 2.60. The quantitative estimate of drug-likeness (QED) is 0.766. The van der Waals surface area contributed by atoms with Gasteiger partial charge in [0.1, 0.15) is 12.0 Å². The summed E-state index contributed by atoms with van der Waals surface area (Å²) in [5.74, 6) is -0.529. The predicted octanol–water partition coefficient (Wildman–Crippen LogP) is 1.15. The highest BCUT2D eigenvalue weighted by molar-refractivity contribution is 6.03. The van der Waals surface area contributed by atoms with Crippen molar-refractivity contribution in [1.82, 2.24) is 9.97 Å². The molecule has 2 aromatic rings. The molecule has 0 saturated carbocycles. The van der Waals surface area contributed by atoms with Crippen molar-refractivity contribution in [2.45, 2.75) is 0 Å². The highest BCUT2D eigenvalue weighted by Gasteiger charge is 2.06. The number of para-hydroxylation sites is 1. The molecule has 0 fully saturated rings. The molecule has 5 heteroatoms. The number of primary amides is 1. The lowest BCUT2D eigenvalue weighted by atomic mass is 10.2. The molecule has 0 unspecified atom stereocenters. The molecule has 0 spiro atoms. The fourth-order valence-electron chi connectivity index (χ4n) is 1.20. The maximum absolute atomic E-state index is 10.9. The Bertz CT molecular complexity index is 467. The number of benzene rings is 1. The Morgan fingerprint density at radius 3 is 2.64 bits per heavy atom. The average molecular weight is 210 g/mol. The largest absolute Gasteiger partial charge is 0.364 e. The number of carbonyl (C=O) groups is 1. The van der Waals surface area contributed by atoms with Crippen LogP contribution in [0.1, 0.15) is 10.5 Å². The summed E-state index contributed by atoms with van der Waals surface area (Å²) in [4.78, 5) is 18.8. The molecule has 0 aliphatic heterocycles. The number of carbonyl (C=O) groups excluding carboxylic acids is 1. The van der Waals surface area contributed by atoms with Crippen molar-refractivity contribution in [2.75, 3.05) is 0 Å². The highest BCUT2D eigenvalue weighted by atomic mass is 35.5. The highest BCUT2D eigenvalue weighted by Crippen LogP contribution is 2.12. The zero-order chi connectivity index (χ0) is 9.26. The molecule has 2 rings (SSSR count). The number of rotatable bonds is 1. The summed E-state index contributed by atoms with van der Waals surface area (Å²) < 4.78 is 0. The van der Waals surface area contributed by atoms with Crippen LogP contribution in [0.4, 0.5) is 0 Å². The first-order valence-corrected chi connectivity index (χ1v) is 3.78. The molecule has 2 N–H and O–H groups in total. The number of aromatic nitrogens is 2. The van der Waals surface area contributed by atoms with Gasteiger partial charge in [0.15, 0.2) is 0 Å². The van der Waals surface area contributed by atoms with Crippen LogP contribution < -0.4 is 5.73 Å². The monoisotopic (exact) mass is 209 g/mol. The summed E-state index contributed by atoms with van der Waals surface area (Å²) >= 11 is 0. The first-order chi connectivity index (χ1) is 6.29. The van der Waals surface area contributed by atoms with E-state index in [4.69, 9.17) is 5.73 Å². The molecule has 72 valence electrons. The van der Waals surface area contributed by atoms with Crippen LogP contribution in [0.5, 0.6) is 0 Å². The van der Waals surface area contributed by atoms with Gasteiger partial charge in [-0.1, -0.05) is 18.2 Å². The molecule has 1 amide bonds. The zero-order valence-corrected chi connectivity index (χ0v) is 7.99. The van der Waals surface area contributed by atoms with E-state index in [0.29, 0.717) is 5.39 Å². The van der Waals surface area contributed by atoms with Gasteiger partial charge in [0, 0.05) is 5.39 Å². The van der Waals surface area contributed by atoms with Gasteiger partial charge in [-0.2, -0.15) is 0 Å². The SMILES string of the molecule is Cl.NC(=O)c1ncnc2ccccc12. The van der Waals surface area contributed by atoms with Crippen LogP contribution in [-0.4, -0.2) is 15.9 Å². The number of fused-ring (bicyclic) bond motifs is 1. The van der Waals surface area contributed by atoms with E-state index in [9.17, 15) is 4.79 Å². The molecule has 0 radical (unpaired) electrons. The topological polar surface area (TPSA) is 68.9 Å². The molecule has 0 atom stereocenters. The van der Waals surface area contributed by atoms with Crippen molar-refractivity contribution in [3.8, 4) is 0 Å². The lowest BCUT2D eigenvalue weighted by Crippen LogP contribution is -2.13. The fraction of sp³-hybridized carbons (Fsp3) is 0. The summed E-state index contributed by atoms with van der Waals surface area (Å²) in [6, 6.07) is 7.25. The third-order valence-corrected chi connectivity index (χ3v) is 1.78. The number of hydrogen-bond donors (Lipinski definition) is 1. The molecular formula is C9H8ClN3O. The Morgan fingerprint density at radius 2 is 1.93 bits per heavy atom. The van der Waals surface area contributed by atoms with Crippen LogP contribution in [-0.2, 0) is 0 Å². The molecule has 0 saturated heterocycles. The van der Waals surface area contributed by atoms with Gasteiger partial charge in [-0.25, -0.2) is 9.97 Å². The first kappa shape index (κ1) is 10.4. The van der Waals surface area contributed by atoms with Crippen LogP contribution >= 0.6 is 12.4 Å². The fourth-order valence-corrected chi connectivity index (χ4v) is 1.20. The Kier molecular flexibility index (Phi) is 2.99. The molecular weight excluding hydrogens is 202 g/mol. The van der Waals surface area contributed by atoms with Crippen LogP contribution in [0.2, 0.25) is 0 Å². The van der Waals surface area contributed by atoms with Crippen LogP contribution in [0, 0.1) is 0 Å². The van der Waals surface area contributed by atoms with Gasteiger partial charge in [-0.15, -0.1) is 12.4 Å². The Balaban J connectivity index is 0.000000980. The minimum Gasteiger partial charge on any atom is -0.364 e. The summed E-state index contributed by atoms with van der Waals surface area (Å²) in [6.07, 6.45) is 1.34. The van der Waals surface area contributed by atoms with Crippen LogP contribution in [0.25, 0.3) is 10.9 Å². The summed E-state index contributed by atoms with van der Waals surface area (Å²) in [7, 11) is 0.